The van der Waals surface area contributed by atoms with E-state index in [1.807, 2.05) is 14.2 Å². The molecule has 21 heavy (non-hydrogen) atoms. The normalized spacial score (nSPS) is 18.9. The lowest BCUT2D eigenvalue weighted by molar-refractivity contribution is 0.195. The Bertz CT molecular complexity index is 377. The number of rotatable bonds is 6. The van der Waals surface area contributed by atoms with Crippen molar-refractivity contribution in [1.29, 1.82) is 0 Å². The first-order valence-electron chi connectivity index (χ1n) is 8.20. The molecule has 0 amide bonds. The Morgan fingerprint density at radius 1 is 0.857 bits per heavy atom. The van der Waals surface area contributed by atoms with E-state index in [-0.39, 0.29) is 5.04 Å². The van der Waals surface area contributed by atoms with Crippen LogP contribution in [0.3, 0.4) is 0 Å². The largest absolute Gasteiger partial charge is 0.501 e. The summed E-state index contributed by atoms with van der Waals surface area (Å²) in [7, 11) is 1.81. The van der Waals surface area contributed by atoms with Crippen LogP contribution in [0, 0.1) is 0 Å². The lowest BCUT2D eigenvalue weighted by atomic mass is 9.99. The van der Waals surface area contributed by atoms with Crippen LogP contribution in [0.4, 0.5) is 0 Å². The number of allylic oxidation sites excluding steroid dienone is 2. The summed E-state index contributed by atoms with van der Waals surface area (Å²) in [6.07, 6.45) is 5.40. The minimum absolute atomic E-state index is 0.0920. The topological polar surface area (TPSA) is 18.5 Å². The van der Waals surface area contributed by atoms with Crippen molar-refractivity contribution in [3.63, 3.8) is 0 Å². The molecule has 0 unspecified atom stereocenters. The van der Waals surface area contributed by atoms with E-state index >= 15 is 0 Å². The summed E-state index contributed by atoms with van der Waals surface area (Å²) in [6.45, 7) is 16.7. The smallest absolute Gasteiger partial charge is 0.102 e. The summed E-state index contributed by atoms with van der Waals surface area (Å²) in [5, 5.41) is -0.0920. The monoisotopic (exact) mass is 310 g/mol. The second kappa shape index (κ2) is 6.60. The predicted molar refractivity (Wildman–Crippen MR) is 94.2 cm³/mol. The van der Waals surface area contributed by atoms with Crippen LogP contribution in [-0.4, -0.2) is 22.3 Å². The summed E-state index contributed by atoms with van der Waals surface area (Å²) < 4.78 is 11.7. The van der Waals surface area contributed by atoms with E-state index in [1.165, 1.54) is 0 Å². The minimum Gasteiger partial charge on any atom is -0.501 e. The Balaban J connectivity index is 3.68. The molecule has 1 aliphatic carbocycles. The third-order valence-electron chi connectivity index (χ3n) is 5.76. The SMILES string of the molecule is COC1=CCC=C(OC)C1(C)[Si](C(C)C)(C(C)C)C(C)C. The van der Waals surface area contributed by atoms with Gasteiger partial charge in [-0.05, 0) is 42.1 Å². The zero-order valence-corrected chi connectivity index (χ0v) is 16.4. The fourth-order valence-corrected chi connectivity index (χ4v) is 14.3. The highest BCUT2D eigenvalue weighted by atomic mass is 28.3. The van der Waals surface area contributed by atoms with Crippen LogP contribution in [0.5, 0.6) is 0 Å². The summed E-state index contributed by atoms with van der Waals surface area (Å²) in [4.78, 5) is 0. The van der Waals surface area contributed by atoms with Crippen LogP contribution in [0.2, 0.25) is 21.7 Å². The van der Waals surface area contributed by atoms with E-state index in [0.29, 0.717) is 16.6 Å². The molecule has 0 saturated carbocycles. The van der Waals surface area contributed by atoms with Gasteiger partial charge in [-0.3, -0.25) is 0 Å². The molecule has 0 spiro atoms. The maximum atomic E-state index is 5.87. The molecule has 122 valence electrons. The van der Waals surface area contributed by atoms with Gasteiger partial charge in [0.1, 0.15) is 11.5 Å². The molecule has 0 heterocycles. The van der Waals surface area contributed by atoms with E-state index in [1.54, 1.807) is 0 Å². The molecule has 2 nitrogen and oxygen atoms in total. The van der Waals surface area contributed by atoms with Crippen molar-refractivity contribution in [2.45, 2.75) is 76.5 Å². The molecule has 1 aliphatic rings. The second-order valence-corrected chi connectivity index (χ2v) is 13.6. The first-order chi connectivity index (χ1) is 9.70. The Morgan fingerprint density at radius 3 is 1.43 bits per heavy atom. The van der Waals surface area contributed by atoms with Crippen molar-refractivity contribution >= 4 is 8.07 Å². The predicted octanol–water partition coefficient (Wildman–Crippen LogP) is 5.89. The van der Waals surface area contributed by atoms with E-state index in [4.69, 9.17) is 9.47 Å². The highest BCUT2D eigenvalue weighted by molar-refractivity contribution is 6.87. The van der Waals surface area contributed by atoms with Gasteiger partial charge in [0.15, 0.2) is 0 Å². The van der Waals surface area contributed by atoms with Gasteiger partial charge >= 0.3 is 0 Å². The van der Waals surface area contributed by atoms with Gasteiger partial charge < -0.3 is 9.47 Å². The van der Waals surface area contributed by atoms with Crippen molar-refractivity contribution in [3.8, 4) is 0 Å². The van der Waals surface area contributed by atoms with Crippen LogP contribution in [-0.2, 0) is 9.47 Å². The van der Waals surface area contributed by atoms with Crippen LogP contribution in [0.1, 0.15) is 54.9 Å². The summed E-state index contributed by atoms with van der Waals surface area (Å²) in [5.74, 6) is 2.23. The molecule has 0 radical (unpaired) electrons. The first kappa shape index (κ1) is 18.3. The van der Waals surface area contributed by atoms with Gasteiger partial charge in [-0.15, -0.1) is 0 Å². The standard InChI is InChI=1S/C18H34O2Si/c1-13(2)21(14(3)4,15(5)6)18(7)16(19-8)11-10-12-17(18)20-9/h11-15H,10H2,1-9H3. The van der Waals surface area contributed by atoms with Crippen molar-refractivity contribution in [2.75, 3.05) is 14.2 Å². The van der Waals surface area contributed by atoms with E-state index in [0.717, 1.165) is 17.9 Å². The number of methoxy groups -OCH3 is 2. The lowest BCUT2D eigenvalue weighted by Gasteiger charge is -2.56. The fourth-order valence-electron chi connectivity index (χ4n) is 5.54. The number of hydrogen-bond acceptors (Lipinski definition) is 2. The summed E-state index contributed by atoms with van der Waals surface area (Å²) in [5.41, 5.74) is 1.95. The third kappa shape index (κ3) is 2.48. The molecular weight excluding hydrogens is 276 g/mol. The maximum Gasteiger partial charge on any atom is 0.102 e. The van der Waals surface area contributed by atoms with E-state index < -0.39 is 8.07 Å². The summed E-state index contributed by atoms with van der Waals surface area (Å²) >= 11 is 0. The van der Waals surface area contributed by atoms with Crippen LogP contribution >= 0.6 is 0 Å². The Hall–Kier alpha value is -0.703. The van der Waals surface area contributed by atoms with Crippen LogP contribution < -0.4 is 0 Å². The van der Waals surface area contributed by atoms with Gasteiger partial charge in [0.05, 0.1) is 27.3 Å². The van der Waals surface area contributed by atoms with Gasteiger partial charge in [0.2, 0.25) is 0 Å². The molecular formula is C18H34O2Si. The van der Waals surface area contributed by atoms with Gasteiger partial charge in [0.25, 0.3) is 0 Å². The van der Waals surface area contributed by atoms with Crippen molar-refractivity contribution < 1.29 is 9.47 Å². The quantitative estimate of drug-likeness (QED) is 0.569. The molecule has 0 aromatic carbocycles. The number of ether oxygens (including phenoxy) is 2. The van der Waals surface area contributed by atoms with Crippen molar-refractivity contribution in [3.05, 3.63) is 23.7 Å². The third-order valence-corrected chi connectivity index (χ3v) is 13.7. The first-order valence-corrected chi connectivity index (χ1v) is 10.4. The average Bonchev–Trinajstić information content (AvgIpc) is 2.37. The second-order valence-electron chi connectivity index (χ2n) is 7.30. The maximum absolute atomic E-state index is 5.87. The lowest BCUT2D eigenvalue weighted by Crippen LogP contribution is -2.56. The average molecular weight is 311 g/mol. The molecule has 0 atom stereocenters. The zero-order valence-electron chi connectivity index (χ0n) is 15.4. The van der Waals surface area contributed by atoms with Crippen LogP contribution in [0.15, 0.2) is 23.7 Å². The Labute approximate surface area is 132 Å². The van der Waals surface area contributed by atoms with E-state index in [2.05, 4.69) is 60.6 Å². The molecule has 0 aliphatic heterocycles. The Kier molecular flexibility index (Phi) is 5.76. The van der Waals surface area contributed by atoms with Gasteiger partial charge in [-0.25, -0.2) is 0 Å². The number of hydrogen-bond donors (Lipinski definition) is 0. The van der Waals surface area contributed by atoms with Crippen LogP contribution in [0.25, 0.3) is 0 Å². The fraction of sp³-hybridized carbons (Fsp3) is 0.778. The van der Waals surface area contributed by atoms with Gasteiger partial charge in [-0.1, -0.05) is 41.5 Å². The molecule has 3 heteroatoms. The molecule has 0 aromatic heterocycles. The van der Waals surface area contributed by atoms with E-state index in [9.17, 15) is 0 Å². The minimum atomic E-state index is -1.81. The molecule has 0 saturated heterocycles. The van der Waals surface area contributed by atoms with Gasteiger partial charge in [0, 0.05) is 0 Å². The highest BCUT2D eigenvalue weighted by Gasteiger charge is 2.61. The van der Waals surface area contributed by atoms with Crippen molar-refractivity contribution in [1.82, 2.24) is 0 Å². The molecule has 0 bridgehead atoms. The van der Waals surface area contributed by atoms with Gasteiger partial charge in [-0.2, -0.15) is 0 Å². The Morgan fingerprint density at radius 2 is 1.19 bits per heavy atom. The van der Waals surface area contributed by atoms with Crippen molar-refractivity contribution in [2.24, 2.45) is 0 Å². The molecule has 0 fully saturated rings. The molecule has 0 N–H and O–H groups in total. The summed E-state index contributed by atoms with van der Waals surface area (Å²) in [6, 6.07) is 0. The molecule has 1 rings (SSSR count). The zero-order chi connectivity index (χ0) is 16.4. The molecule has 0 aromatic rings. The highest BCUT2D eigenvalue weighted by Crippen LogP contribution is 2.64.